The van der Waals surface area contributed by atoms with E-state index in [1.54, 1.807) is 0 Å². The fourth-order valence-corrected chi connectivity index (χ4v) is 11.0. The Bertz CT molecular complexity index is 3570. The molecule has 3 aromatic heterocycles. The summed E-state index contributed by atoms with van der Waals surface area (Å²) in [4.78, 5) is 0. The Morgan fingerprint density at radius 2 is 0.825 bits per heavy atom. The van der Waals surface area contributed by atoms with E-state index in [0.717, 1.165) is 25.7 Å². The van der Waals surface area contributed by atoms with Crippen molar-refractivity contribution in [3.63, 3.8) is 0 Å². The highest BCUT2D eigenvalue weighted by atomic mass is 15.0. The summed E-state index contributed by atoms with van der Waals surface area (Å²) in [5, 5.41) is 5.30. The van der Waals surface area contributed by atoms with Crippen LogP contribution < -0.4 is 0 Å². The third-order valence-electron chi connectivity index (χ3n) is 13.9. The lowest BCUT2D eigenvalue weighted by molar-refractivity contribution is 0.667. The van der Waals surface area contributed by atoms with Crippen LogP contribution in [0.1, 0.15) is 41.8 Å². The first-order valence-electron chi connectivity index (χ1n) is 22.6. The number of para-hydroxylation sites is 4. The normalized spacial score (nSPS) is 13.6. The summed E-state index contributed by atoms with van der Waals surface area (Å²) in [6.07, 6.45) is 11.5. The van der Waals surface area contributed by atoms with Crippen molar-refractivity contribution in [1.82, 2.24) is 13.7 Å². The van der Waals surface area contributed by atoms with E-state index in [2.05, 4.69) is 214 Å². The van der Waals surface area contributed by atoms with Crippen LogP contribution in [0.5, 0.6) is 0 Å². The van der Waals surface area contributed by atoms with Crippen molar-refractivity contribution in [3.05, 3.63) is 217 Å². The van der Waals surface area contributed by atoms with Gasteiger partial charge in [0.25, 0.3) is 0 Å². The number of aromatic nitrogens is 3. The molecule has 0 atom stereocenters. The predicted molar refractivity (Wildman–Crippen MR) is 265 cm³/mol. The number of hydrogen-bond acceptors (Lipinski definition) is 0. The van der Waals surface area contributed by atoms with Crippen LogP contribution in [0, 0.1) is 0 Å². The molecule has 0 N–H and O–H groups in total. The van der Waals surface area contributed by atoms with E-state index < -0.39 is 0 Å². The second-order valence-electron chi connectivity index (χ2n) is 17.5. The summed E-state index contributed by atoms with van der Waals surface area (Å²) >= 11 is 0. The maximum absolute atomic E-state index is 2.58. The molecule has 3 nitrogen and oxygen atoms in total. The number of allylic oxidation sites excluding steroid dienone is 1. The van der Waals surface area contributed by atoms with E-state index in [1.807, 2.05) is 0 Å². The third kappa shape index (κ3) is 5.80. The Morgan fingerprint density at radius 3 is 1.48 bits per heavy atom. The molecule has 2 aliphatic rings. The first-order chi connectivity index (χ1) is 31.2. The second kappa shape index (κ2) is 14.5. The molecule has 300 valence electrons. The summed E-state index contributed by atoms with van der Waals surface area (Å²) < 4.78 is 7.48. The van der Waals surface area contributed by atoms with Gasteiger partial charge < -0.3 is 13.7 Å². The molecule has 0 saturated carbocycles. The standard InChI is InChI=1S/C60H45N3/c1-7-25-55-49(19-1)50-20-2-8-26-56(50)61(55)46-33-31-40(32-34-46)41-15-13-16-42(35-41)43-17-14-18-44(36-43)45-37-47(62-57-27-9-3-21-51(57)52-22-4-10-28-58(52)62)39-48(38-45)63-59-29-11-5-23-53(59)54-24-6-12-30-60(54)63/h1,3-5,7-11,13-19,21-23,25-29,31-39H,2,6,12,20,24,30H2. The van der Waals surface area contributed by atoms with Crippen LogP contribution in [0.25, 0.3) is 100 Å². The first kappa shape index (κ1) is 36.1. The molecule has 0 bridgehead atoms. The lowest BCUT2D eigenvalue weighted by Crippen LogP contribution is -2.08. The zero-order chi connectivity index (χ0) is 41.4. The van der Waals surface area contributed by atoms with Gasteiger partial charge in [0, 0.05) is 50.0 Å². The quantitative estimate of drug-likeness (QED) is 0.159. The van der Waals surface area contributed by atoms with Crippen LogP contribution in [0.3, 0.4) is 0 Å². The minimum atomic E-state index is 1.09. The van der Waals surface area contributed by atoms with E-state index in [0.29, 0.717) is 0 Å². The maximum atomic E-state index is 2.58. The molecule has 0 unspecified atom stereocenters. The van der Waals surface area contributed by atoms with Crippen LogP contribution in [-0.4, -0.2) is 13.7 Å². The first-order valence-corrected chi connectivity index (χ1v) is 22.6. The van der Waals surface area contributed by atoms with Crippen LogP contribution in [-0.2, 0) is 19.3 Å². The van der Waals surface area contributed by atoms with Gasteiger partial charge in [0.1, 0.15) is 0 Å². The van der Waals surface area contributed by atoms with Gasteiger partial charge in [0.2, 0.25) is 0 Å². The van der Waals surface area contributed by atoms with Crippen molar-refractivity contribution in [2.24, 2.45) is 0 Å². The number of benzene rings is 8. The van der Waals surface area contributed by atoms with E-state index in [1.165, 1.54) is 129 Å². The highest BCUT2D eigenvalue weighted by Crippen LogP contribution is 2.40. The van der Waals surface area contributed by atoms with Crippen LogP contribution >= 0.6 is 0 Å². The van der Waals surface area contributed by atoms with Gasteiger partial charge in [-0.2, -0.15) is 0 Å². The van der Waals surface area contributed by atoms with E-state index in [9.17, 15) is 0 Å². The van der Waals surface area contributed by atoms with E-state index in [4.69, 9.17) is 0 Å². The van der Waals surface area contributed by atoms with Gasteiger partial charge in [-0.15, -0.1) is 0 Å². The molecule has 11 aromatic rings. The molecule has 3 heterocycles. The van der Waals surface area contributed by atoms with Crippen molar-refractivity contribution in [3.8, 4) is 50.4 Å². The molecule has 0 spiro atoms. The predicted octanol–water partition coefficient (Wildman–Crippen LogP) is 15.5. The van der Waals surface area contributed by atoms with Crippen LogP contribution in [0.2, 0.25) is 0 Å². The topological polar surface area (TPSA) is 14.8 Å². The highest BCUT2D eigenvalue weighted by Gasteiger charge is 2.23. The Balaban J connectivity index is 0.929. The van der Waals surface area contributed by atoms with Crippen molar-refractivity contribution < 1.29 is 0 Å². The van der Waals surface area contributed by atoms with Gasteiger partial charge in [0.05, 0.1) is 22.1 Å². The summed E-state index contributed by atoms with van der Waals surface area (Å²) in [5.74, 6) is 0. The largest absolute Gasteiger partial charge is 0.313 e. The second-order valence-corrected chi connectivity index (χ2v) is 17.5. The average Bonchev–Trinajstić information content (AvgIpc) is 4.00. The zero-order valence-corrected chi connectivity index (χ0v) is 35.1. The smallest absolute Gasteiger partial charge is 0.0541 e. The molecule has 63 heavy (non-hydrogen) atoms. The van der Waals surface area contributed by atoms with E-state index in [-0.39, 0.29) is 0 Å². The fraction of sp³-hybridized carbons (Fsp3) is 0.100. The Kier molecular flexibility index (Phi) is 8.30. The van der Waals surface area contributed by atoms with Gasteiger partial charge in [0.15, 0.2) is 0 Å². The minimum Gasteiger partial charge on any atom is -0.313 e. The molecule has 0 aliphatic heterocycles. The molecule has 0 saturated heterocycles. The van der Waals surface area contributed by atoms with Gasteiger partial charge in [-0.1, -0.05) is 127 Å². The van der Waals surface area contributed by atoms with Gasteiger partial charge in [-0.25, -0.2) is 0 Å². The highest BCUT2D eigenvalue weighted by molar-refractivity contribution is 6.09. The van der Waals surface area contributed by atoms with Crippen LogP contribution in [0.15, 0.2) is 194 Å². The Hall–Kier alpha value is -7.62. The van der Waals surface area contributed by atoms with Gasteiger partial charge >= 0.3 is 0 Å². The SMILES string of the molecule is C1=Cc2c(c3ccccc3n2-c2ccc(-c3cccc(-c4cccc(-c5cc(-n6c7c(c8ccccc86)CCCC7)cc(-n6c7ccccc7c7ccccc76)c5)c4)c3)cc2)CC1. The lowest BCUT2D eigenvalue weighted by atomic mass is 9.95. The molecular formula is C60H45N3. The van der Waals surface area contributed by atoms with Gasteiger partial charge in [-0.3, -0.25) is 0 Å². The zero-order valence-electron chi connectivity index (χ0n) is 35.1. The number of aryl methyl sites for hydroxylation is 2. The number of fused-ring (bicyclic) bond motifs is 9. The molecule has 3 heteroatoms. The molecule has 8 aromatic carbocycles. The maximum Gasteiger partial charge on any atom is 0.0541 e. The fourth-order valence-electron chi connectivity index (χ4n) is 11.0. The third-order valence-corrected chi connectivity index (χ3v) is 13.9. The number of rotatable bonds is 6. The molecular weight excluding hydrogens is 763 g/mol. The number of hydrogen-bond donors (Lipinski definition) is 0. The molecule has 0 radical (unpaired) electrons. The van der Waals surface area contributed by atoms with Crippen molar-refractivity contribution in [2.45, 2.75) is 38.5 Å². The molecule has 0 fully saturated rings. The molecule has 0 amide bonds. The average molecular weight is 808 g/mol. The van der Waals surface area contributed by atoms with E-state index >= 15 is 0 Å². The summed E-state index contributed by atoms with van der Waals surface area (Å²) in [5.41, 5.74) is 21.6. The molecule has 2 aliphatic carbocycles. The summed E-state index contributed by atoms with van der Waals surface area (Å²) in [6.45, 7) is 0. The summed E-state index contributed by atoms with van der Waals surface area (Å²) in [6, 6.07) is 70.1. The number of nitrogens with zero attached hydrogens (tertiary/aromatic N) is 3. The lowest BCUT2D eigenvalue weighted by Gasteiger charge is -2.19. The van der Waals surface area contributed by atoms with Crippen molar-refractivity contribution in [2.75, 3.05) is 0 Å². The molecule has 13 rings (SSSR count). The Labute approximate surface area is 367 Å². The monoisotopic (exact) mass is 807 g/mol. The van der Waals surface area contributed by atoms with Gasteiger partial charge in [-0.05, 0) is 156 Å². The van der Waals surface area contributed by atoms with Crippen LogP contribution in [0.4, 0.5) is 0 Å². The van der Waals surface area contributed by atoms with Crippen molar-refractivity contribution in [1.29, 1.82) is 0 Å². The summed E-state index contributed by atoms with van der Waals surface area (Å²) in [7, 11) is 0. The van der Waals surface area contributed by atoms with Crippen molar-refractivity contribution >= 4 is 49.7 Å². The minimum absolute atomic E-state index is 1.09. The Morgan fingerprint density at radius 1 is 0.317 bits per heavy atom.